The molecule has 0 saturated heterocycles. The molecule has 6 heteroatoms. The molecule has 0 aliphatic rings. The standard InChI is InChI=1S/C15H17BrN4O/c1-3-10(2)19-15(21)13-8-18-14(9-17-13)20-12-6-4-5-11(16)7-12/h4-10H,3H2,1-2H3,(H,18,20)(H,19,21). The van der Waals surface area contributed by atoms with Crippen LogP contribution in [0.15, 0.2) is 41.1 Å². The molecule has 0 saturated carbocycles. The molecule has 110 valence electrons. The monoisotopic (exact) mass is 348 g/mol. The first-order chi connectivity index (χ1) is 10.1. The van der Waals surface area contributed by atoms with Crippen LogP contribution in [0.3, 0.4) is 0 Å². The second-order valence-corrected chi connectivity index (χ2v) is 5.62. The fourth-order valence-corrected chi connectivity index (χ4v) is 2.02. The van der Waals surface area contributed by atoms with E-state index in [1.54, 1.807) is 6.20 Å². The summed E-state index contributed by atoms with van der Waals surface area (Å²) in [4.78, 5) is 20.2. The van der Waals surface area contributed by atoms with E-state index in [1.807, 2.05) is 38.1 Å². The smallest absolute Gasteiger partial charge is 0.271 e. The average molecular weight is 349 g/mol. The maximum atomic E-state index is 11.9. The summed E-state index contributed by atoms with van der Waals surface area (Å²) in [5.41, 5.74) is 1.21. The molecule has 0 aliphatic carbocycles. The maximum absolute atomic E-state index is 11.9. The zero-order chi connectivity index (χ0) is 15.2. The van der Waals surface area contributed by atoms with Gasteiger partial charge in [0.2, 0.25) is 0 Å². The molecule has 1 unspecified atom stereocenters. The molecule has 1 heterocycles. The maximum Gasteiger partial charge on any atom is 0.271 e. The third-order valence-electron chi connectivity index (χ3n) is 2.97. The van der Waals surface area contributed by atoms with Crippen molar-refractivity contribution in [2.75, 3.05) is 5.32 Å². The van der Waals surface area contributed by atoms with Gasteiger partial charge in [-0.25, -0.2) is 9.97 Å². The Morgan fingerprint density at radius 3 is 2.76 bits per heavy atom. The zero-order valence-electron chi connectivity index (χ0n) is 11.9. The van der Waals surface area contributed by atoms with E-state index in [2.05, 4.69) is 36.5 Å². The Morgan fingerprint density at radius 2 is 2.14 bits per heavy atom. The van der Waals surface area contributed by atoms with E-state index in [-0.39, 0.29) is 11.9 Å². The molecule has 0 radical (unpaired) electrons. The fraction of sp³-hybridized carbons (Fsp3) is 0.267. The second-order valence-electron chi connectivity index (χ2n) is 4.70. The van der Waals surface area contributed by atoms with Gasteiger partial charge < -0.3 is 10.6 Å². The van der Waals surface area contributed by atoms with Gasteiger partial charge >= 0.3 is 0 Å². The number of hydrogen-bond donors (Lipinski definition) is 2. The molecule has 5 nitrogen and oxygen atoms in total. The summed E-state index contributed by atoms with van der Waals surface area (Å²) >= 11 is 3.41. The average Bonchev–Trinajstić information content (AvgIpc) is 2.47. The van der Waals surface area contributed by atoms with Crippen molar-refractivity contribution < 1.29 is 4.79 Å². The molecule has 2 aromatic rings. The van der Waals surface area contributed by atoms with Gasteiger partial charge in [0.25, 0.3) is 5.91 Å². The van der Waals surface area contributed by atoms with Crippen LogP contribution in [0.25, 0.3) is 0 Å². The van der Waals surface area contributed by atoms with Gasteiger partial charge in [-0.15, -0.1) is 0 Å². The first kappa shape index (κ1) is 15.4. The Hall–Kier alpha value is -1.95. The van der Waals surface area contributed by atoms with Crippen molar-refractivity contribution in [3.8, 4) is 0 Å². The number of carbonyl (C=O) groups is 1. The lowest BCUT2D eigenvalue weighted by Crippen LogP contribution is -2.32. The van der Waals surface area contributed by atoms with Crippen molar-refractivity contribution in [2.24, 2.45) is 0 Å². The number of aromatic nitrogens is 2. The van der Waals surface area contributed by atoms with Gasteiger partial charge in [-0.05, 0) is 31.5 Å². The van der Waals surface area contributed by atoms with Crippen LogP contribution in [0.4, 0.5) is 11.5 Å². The number of nitrogens with zero attached hydrogens (tertiary/aromatic N) is 2. The van der Waals surface area contributed by atoms with Gasteiger partial charge in [-0.2, -0.15) is 0 Å². The Morgan fingerprint density at radius 1 is 1.33 bits per heavy atom. The van der Waals surface area contributed by atoms with E-state index in [0.29, 0.717) is 11.5 Å². The molecule has 1 atom stereocenters. The minimum Gasteiger partial charge on any atom is -0.348 e. The first-order valence-corrected chi connectivity index (χ1v) is 7.53. The van der Waals surface area contributed by atoms with E-state index in [1.165, 1.54) is 6.20 Å². The molecule has 21 heavy (non-hydrogen) atoms. The zero-order valence-corrected chi connectivity index (χ0v) is 13.5. The van der Waals surface area contributed by atoms with Crippen molar-refractivity contribution in [3.05, 3.63) is 46.8 Å². The third-order valence-corrected chi connectivity index (χ3v) is 3.46. The lowest BCUT2D eigenvalue weighted by Gasteiger charge is -2.11. The largest absolute Gasteiger partial charge is 0.348 e. The first-order valence-electron chi connectivity index (χ1n) is 6.74. The summed E-state index contributed by atoms with van der Waals surface area (Å²) in [6.45, 7) is 3.97. The van der Waals surface area contributed by atoms with Gasteiger partial charge in [0.05, 0.1) is 12.4 Å². The third kappa shape index (κ3) is 4.53. The summed E-state index contributed by atoms with van der Waals surface area (Å²) in [6.07, 6.45) is 3.89. The van der Waals surface area contributed by atoms with Crippen LogP contribution in [-0.2, 0) is 0 Å². The Kier molecular flexibility index (Phi) is 5.27. The normalized spacial score (nSPS) is 11.8. The van der Waals surface area contributed by atoms with Crippen LogP contribution in [0, 0.1) is 0 Å². The van der Waals surface area contributed by atoms with E-state index in [4.69, 9.17) is 0 Å². The van der Waals surface area contributed by atoms with E-state index >= 15 is 0 Å². The van der Waals surface area contributed by atoms with Crippen molar-refractivity contribution in [2.45, 2.75) is 26.3 Å². The second kappa shape index (κ2) is 7.17. The molecule has 0 aliphatic heterocycles. The van der Waals surface area contributed by atoms with Crippen molar-refractivity contribution in [3.63, 3.8) is 0 Å². The Labute approximate surface area is 132 Å². The van der Waals surface area contributed by atoms with Crippen LogP contribution in [-0.4, -0.2) is 21.9 Å². The molecular weight excluding hydrogens is 332 g/mol. The summed E-state index contributed by atoms with van der Waals surface area (Å²) in [5.74, 6) is 0.388. The van der Waals surface area contributed by atoms with Crippen molar-refractivity contribution in [1.29, 1.82) is 0 Å². The molecule has 0 bridgehead atoms. The van der Waals surface area contributed by atoms with Crippen molar-refractivity contribution in [1.82, 2.24) is 15.3 Å². The van der Waals surface area contributed by atoms with Gasteiger partial charge in [0, 0.05) is 16.2 Å². The number of carbonyl (C=O) groups excluding carboxylic acids is 1. The predicted molar refractivity (Wildman–Crippen MR) is 86.7 cm³/mol. The molecule has 1 aromatic carbocycles. The highest BCUT2D eigenvalue weighted by atomic mass is 79.9. The van der Waals surface area contributed by atoms with Gasteiger partial charge in [0.15, 0.2) is 0 Å². The summed E-state index contributed by atoms with van der Waals surface area (Å²) < 4.78 is 0.977. The fourth-order valence-electron chi connectivity index (χ4n) is 1.62. The van der Waals surface area contributed by atoms with E-state index < -0.39 is 0 Å². The predicted octanol–water partition coefficient (Wildman–Crippen LogP) is 3.51. The number of halogens is 1. The van der Waals surface area contributed by atoms with Crippen LogP contribution in [0.5, 0.6) is 0 Å². The number of rotatable bonds is 5. The Bertz CT molecular complexity index is 615. The highest BCUT2D eigenvalue weighted by Crippen LogP contribution is 2.18. The summed E-state index contributed by atoms with van der Waals surface area (Å²) in [6, 6.07) is 7.85. The number of benzene rings is 1. The molecular formula is C15H17BrN4O. The number of nitrogens with one attached hydrogen (secondary N) is 2. The topological polar surface area (TPSA) is 66.9 Å². The molecule has 1 aromatic heterocycles. The number of amides is 1. The number of hydrogen-bond acceptors (Lipinski definition) is 4. The SMILES string of the molecule is CCC(C)NC(=O)c1cnc(Nc2cccc(Br)c2)cn1. The van der Waals surface area contributed by atoms with E-state index in [0.717, 1.165) is 16.6 Å². The van der Waals surface area contributed by atoms with E-state index in [9.17, 15) is 4.79 Å². The molecule has 2 N–H and O–H groups in total. The lowest BCUT2D eigenvalue weighted by atomic mass is 10.2. The quantitative estimate of drug-likeness (QED) is 0.867. The molecule has 2 rings (SSSR count). The van der Waals surface area contributed by atoms with Crippen LogP contribution < -0.4 is 10.6 Å². The minimum atomic E-state index is -0.203. The molecule has 1 amide bonds. The summed E-state index contributed by atoms with van der Waals surface area (Å²) in [5, 5.41) is 5.98. The minimum absolute atomic E-state index is 0.124. The van der Waals surface area contributed by atoms with Crippen LogP contribution >= 0.6 is 15.9 Å². The highest BCUT2D eigenvalue weighted by Gasteiger charge is 2.10. The van der Waals surface area contributed by atoms with Gasteiger partial charge in [-0.3, -0.25) is 4.79 Å². The highest BCUT2D eigenvalue weighted by molar-refractivity contribution is 9.10. The van der Waals surface area contributed by atoms with Gasteiger partial charge in [-0.1, -0.05) is 28.9 Å². The molecule has 0 spiro atoms. The number of anilines is 2. The van der Waals surface area contributed by atoms with Crippen LogP contribution in [0.1, 0.15) is 30.8 Å². The molecule has 0 fully saturated rings. The Balaban J connectivity index is 2.03. The van der Waals surface area contributed by atoms with Crippen molar-refractivity contribution >= 4 is 33.3 Å². The van der Waals surface area contributed by atoms with Crippen LogP contribution in [0.2, 0.25) is 0 Å². The van der Waals surface area contributed by atoms with Gasteiger partial charge in [0.1, 0.15) is 11.5 Å². The summed E-state index contributed by atoms with van der Waals surface area (Å²) in [7, 11) is 0. The lowest BCUT2D eigenvalue weighted by molar-refractivity contribution is 0.0934.